The van der Waals surface area contributed by atoms with E-state index in [1.165, 1.54) is 12.1 Å². The van der Waals surface area contributed by atoms with Gasteiger partial charge in [-0.2, -0.15) is 41.1 Å². The van der Waals surface area contributed by atoms with Gasteiger partial charge in [0, 0.05) is 71.7 Å². The molecule has 2 spiro atoms. The van der Waals surface area contributed by atoms with Crippen molar-refractivity contribution in [2.75, 3.05) is 23.0 Å². The number of rotatable bonds is 8. The average Bonchev–Trinajstić information content (AvgIpc) is 3.51. The van der Waals surface area contributed by atoms with E-state index in [1.54, 1.807) is 49.5 Å². The summed E-state index contributed by atoms with van der Waals surface area (Å²) in [7, 11) is 0. The molecule has 13 heteroatoms. The first-order valence-corrected chi connectivity index (χ1v) is 16.1. The fourth-order valence-corrected chi connectivity index (χ4v) is 8.05. The molecule has 6 rings (SSSR count). The van der Waals surface area contributed by atoms with Gasteiger partial charge in [-0.15, -0.1) is 0 Å². The topological polar surface area (TPSA) is 72.5 Å². The Bertz CT molecular complexity index is 1250. The van der Waals surface area contributed by atoms with Gasteiger partial charge in [-0.1, -0.05) is 26.0 Å². The molecule has 2 saturated heterocycles. The number of carbonyl (C=O) groups is 1. The van der Waals surface area contributed by atoms with Gasteiger partial charge in [0.25, 0.3) is 11.6 Å². The lowest BCUT2D eigenvalue weighted by atomic mass is 9.84. The van der Waals surface area contributed by atoms with E-state index in [0.717, 1.165) is 23.0 Å². The second-order valence-corrected chi connectivity index (χ2v) is 13.1. The molecule has 0 aromatic heterocycles. The van der Waals surface area contributed by atoms with Crippen LogP contribution in [-0.2, 0) is 4.79 Å². The number of hydrogen-bond acceptors (Lipinski definition) is 9. The first kappa shape index (κ1) is 29.4. The molecule has 2 atom stereocenters. The Kier molecular flexibility index (Phi) is 8.01. The summed E-state index contributed by atoms with van der Waals surface area (Å²) in [4.78, 5) is 14.0. The zero-order chi connectivity index (χ0) is 29.6. The Morgan fingerprint density at radius 3 is 1.38 bits per heavy atom. The lowest BCUT2D eigenvalue weighted by molar-refractivity contribution is -0.121. The number of ketones is 1. The fourth-order valence-electron chi connectivity index (χ4n) is 5.82. The Hall–Kier alpha value is -2.67. The Morgan fingerprint density at radius 1 is 0.667 bits per heavy atom. The second-order valence-electron chi connectivity index (χ2n) is 10.7. The summed E-state index contributed by atoms with van der Waals surface area (Å²) in [6.07, 6.45) is 2.20. The molecule has 4 aliphatic rings. The van der Waals surface area contributed by atoms with Crippen LogP contribution in [0.3, 0.4) is 0 Å². The van der Waals surface area contributed by atoms with Gasteiger partial charge in [0.1, 0.15) is 5.78 Å². The number of Topliss-reactive ketones (excluding diaryl/α,β-unsaturated/α-hetero) is 1. The Balaban J connectivity index is 1.32. The van der Waals surface area contributed by atoms with Crippen LogP contribution < -0.4 is 28.4 Å². The van der Waals surface area contributed by atoms with Crippen LogP contribution in [-0.4, -0.2) is 53.6 Å². The molecule has 4 aliphatic heterocycles. The van der Waals surface area contributed by atoms with E-state index in [9.17, 15) is 22.4 Å². The highest BCUT2D eigenvalue weighted by molar-refractivity contribution is 7.99. The number of fused-ring (bicyclic) bond motifs is 2. The Morgan fingerprint density at radius 2 is 1.02 bits per heavy atom. The highest BCUT2D eigenvalue weighted by Gasteiger charge is 2.48. The standard InChI is InChI=1S/C29H30F4O7S2/c1-15(17-3-5-19(35-26(30)31)24-22(17)37-28(39-24)7-11-41-12-8-28)21(34)16(2)18-4-6-20(36-27(32)33)25-23(18)38-29(40-25)9-13-42-14-10-29/h3-6,15-16,26-27H,7-14H2,1-2H3. The second kappa shape index (κ2) is 11.4. The van der Waals surface area contributed by atoms with Gasteiger partial charge in [0.2, 0.25) is 11.5 Å². The van der Waals surface area contributed by atoms with Crippen molar-refractivity contribution >= 4 is 29.3 Å². The number of carbonyl (C=O) groups excluding carboxylic acids is 1. The number of benzene rings is 2. The van der Waals surface area contributed by atoms with E-state index in [4.69, 9.17) is 28.4 Å². The number of alkyl halides is 4. The van der Waals surface area contributed by atoms with Crippen molar-refractivity contribution < 1.29 is 50.8 Å². The maximum absolute atomic E-state index is 14.0. The van der Waals surface area contributed by atoms with Crippen molar-refractivity contribution in [2.45, 2.75) is 76.2 Å². The van der Waals surface area contributed by atoms with E-state index in [2.05, 4.69) is 0 Å². The van der Waals surface area contributed by atoms with Gasteiger partial charge in [-0.05, 0) is 12.1 Å². The molecule has 4 heterocycles. The number of hydrogen-bond donors (Lipinski definition) is 0. The summed E-state index contributed by atoms with van der Waals surface area (Å²) < 4.78 is 87.1. The molecule has 228 valence electrons. The largest absolute Gasteiger partial charge is 0.448 e. The molecule has 2 aromatic carbocycles. The molecule has 2 unspecified atom stereocenters. The quantitative estimate of drug-likeness (QED) is 0.278. The van der Waals surface area contributed by atoms with Crippen LogP contribution in [0.5, 0.6) is 34.5 Å². The molecular formula is C29H30F4O7S2. The van der Waals surface area contributed by atoms with Gasteiger partial charge >= 0.3 is 13.2 Å². The zero-order valence-corrected chi connectivity index (χ0v) is 24.6. The lowest BCUT2D eigenvalue weighted by Gasteiger charge is -2.31. The lowest BCUT2D eigenvalue weighted by Crippen LogP contribution is -2.42. The summed E-state index contributed by atoms with van der Waals surface area (Å²) in [6.45, 7) is -2.71. The molecule has 0 amide bonds. The molecule has 0 bridgehead atoms. The third-order valence-corrected chi connectivity index (χ3v) is 10.1. The minimum atomic E-state index is -3.06. The van der Waals surface area contributed by atoms with Crippen LogP contribution in [0.4, 0.5) is 17.6 Å². The average molecular weight is 631 g/mol. The smallest absolute Gasteiger partial charge is 0.387 e. The summed E-state index contributed by atoms with van der Waals surface area (Å²) in [5.41, 5.74) is 0.955. The summed E-state index contributed by atoms with van der Waals surface area (Å²) in [5, 5.41) is 0. The van der Waals surface area contributed by atoms with Crippen LogP contribution in [0.2, 0.25) is 0 Å². The highest BCUT2D eigenvalue weighted by Crippen LogP contribution is 2.56. The van der Waals surface area contributed by atoms with Gasteiger partial charge in [-0.3, -0.25) is 4.79 Å². The molecule has 0 aliphatic carbocycles. The minimum absolute atomic E-state index is 0.0650. The number of ether oxygens (including phenoxy) is 6. The van der Waals surface area contributed by atoms with Crippen molar-refractivity contribution in [1.29, 1.82) is 0 Å². The first-order valence-electron chi connectivity index (χ1n) is 13.8. The van der Waals surface area contributed by atoms with Crippen LogP contribution in [0.15, 0.2) is 24.3 Å². The maximum Gasteiger partial charge on any atom is 0.387 e. The normalized spacial score (nSPS) is 21.1. The van der Waals surface area contributed by atoms with E-state index in [1.807, 2.05) is 0 Å². The SMILES string of the molecule is CC(C(=O)C(C)c1ccc(OC(F)F)c2c1OC1(CCSCC1)O2)c1ccc(OC(F)F)c2c1OC1(CCSCC1)O2. The van der Waals surface area contributed by atoms with Crippen molar-refractivity contribution in [2.24, 2.45) is 0 Å². The molecule has 0 N–H and O–H groups in total. The van der Waals surface area contributed by atoms with Gasteiger partial charge < -0.3 is 28.4 Å². The van der Waals surface area contributed by atoms with Gasteiger partial charge in [0.15, 0.2) is 23.0 Å². The van der Waals surface area contributed by atoms with Gasteiger partial charge in [0.05, 0.1) is 0 Å². The first-order chi connectivity index (χ1) is 20.1. The third kappa shape index (κ3) is 5.42. The number of thioether (sulfide) groups is 2. The molecule has 0 radical (unpaired) electrons. The maximum atomic E-state index is 14.0. The van der Waals surface area contributed by atoms with Crippen LogP contribution in [0.25, 0.3) is 0 Å². The van der Waals surface area contributed by atoms with E-state index >= 15 is 0 Å². The predicted molar refractivity (Wildman–Crippen MR) is 149 cm³/mol. The summed E-state index contributed by atoms with van der Waals surface area (Å²) in [6, 6.07) is 5.82. The fraction of sp³-hybridized carbons (Fsp3) is 0.552. The predicted octanol–water partition coefficient (Wildman–Crippen LogP) is 7.35. The van der Waals surface area contributed by atoms with Crippen molar-refractivity contribution in [1.82, 2.24) is 0 Å². The summed E-state index contributed by atoms with van der Waals surface area (Å²) >= 11 is 3.50. The third-order valence-electron chi connectivity index (χ3n) is 8.09. The molecule has 7 nitrogen and oxygen atoms in total. The monoisotopic (exact) mass is 630 g/mol. The molecule has 42 heavy (non-hydrogen) atoms. The highest BCUT2D eigenvalue weighted by atomic mass is 32.2. The molecule has 0 saturated carbocycles. The number of halogens is 4. The zero-order valence-electron chi connectivity index (χ0n) is 23.0. The minimum Gasteiger partial charge on any atom is -0.448 e. The van der Waals surface area contributed by atoms with E-state index in [-0.39, 0.29) is 40.3 Å². The molecule has 2 aromatic rings. The molecule has 2 fully saturated rings. The van der Waals surface area contributed by atoms with E-state index < -0.39 is 36.6 Å². The van der Waals surface area contributed by atoms with Crippen molar-refractivity contribution in [3.05, 3.63) is 35.4 Å². The Labute approximate surface area is 248 Å². The van der Waals surface area contributed by atoms with Gasteiger partial charge in [-0.25, -0.2) is 0 Å². The van der Waals surface area contributed by atoms with Crippen molar-refractivity contribution in [3.63, 3.8) is 0 Å². The van der Waals surface area contributed by atoms with E-state index in [0.29, 0.717) is 36.8 Å². The van der Waals surface area contributed by atoms with Crippen LogP contribution in [0.1, 0.15) is 62.5 Å². The summed E-state index contributed by atoms with van der Waals surface area (Å²) in [5.74, 6) is -0.358. The van der Waals surface area contributed by atoms with Crippen LogP contribution >= 0.6 is 23.5 Å². The van der Waals surface area contributed by atoms with Crippen LogP contribution in [0, 0.1) is 0 Å². The molecular weight excluding hydrogens is 600 g/mol. The van der Waals surface area contributed by atoms with Crippen molar-refractivity contribution in [3.8, 4) is 34.5 Å².